The molecule has 0 aromatic carbocycles. The van der Waals surface area contributed by atoms with E-state index in [1.165, 1.54) is 0 Å². The van der Waals surface area contributed by atoms with Gasteiger partial charge in [0, 0.05) is 5.57 Å². The van der Waals surface area contributed by atoms with Gasteiger partial charge in [0.1, 0.15) is 0 Å². The van der Waals surface area contributed by atoms with Crippen molar-refractivity contribution >= 4 is 5.97 Å². The molecule has 2 unspecified atom stereocenters. The number of carboxylic acids is 1. The zero-order valence-corrected chi connectivity index (χ0v) is 7.94. The van der Waals surface area contributed by atoms with Gasteiger partial charge in [-0.2, -0.15) is 0 Å². The molecule has 0 aliphatic carbocycles. The fourth-order valence-corrected chi connectivity index (χ4v) is 1.60. The quantitative estimate of drug-likeness (QED) is 0.507. The average Bonchev–Trinajstić information content (AvgIpc) is 2.94. The van der Waals surface area contributed by atoms with Gasteiger partial charge in [0.05, 0.1) is 25.4 Å². The van der Waals surface area contributed by atoms with E-state index >= 15 is 0 Å². The molecule has 0 amide bonds. The number of aliphatic carboxylic acids is 1. The van der Waals surface area contributed by atoms with Gasteiger partial charge in [-0.25, -0.2) is 4.79 Å². The van der Waals surface area contributed by atoms with Gasteiger partial charge in [-0.1, -0.05) is 6.58 Å². The molecule has 1 N–H and O–H groups in total. The van der Waals surface area contributed by atoms with Crippen molar-refractivity contribution in [3.63, 3.8) is 0 Å². The summed E-state index contributed by atoms with van der Waals surface area (Å²) in [6, 6.07) is 0. The number of epoxide rings is 2. The van der Waals surface area contributed by atoms with Gasteiger partial charge in [-0.15, -0.1) is 0 Å². The summed E-state index contributed by atoms with van der Waals surface area (Å²) in [5.74, 6) is -0.899. The molecular weight excluding hydrogens is 184 g/mol. The van der Waals surface area contributed by atoms with Crippen LogP contribution >= 0.6 is 0 Å². The second-order valence-corrected chi connectivity index (χ2v) is 3.91. The Bertz CT molecular complexity index is 239. The average molecular weight is 198 g/mol. The van der Waals surface area contributed by atoms with Crippen molar-refractivity contribution in [3.8, 4) is 0 Å². The van der Waals surface area contributed by atoms with Gasteiger partial charge < -0.3 is 14.6 Å². The van der Waals surface area contributed by atoms with Crippen LogP contribution in [0.25, 0.3) is 0 Å². The summed E-state index contributed by atoms with van der Waals surface area (Å²) in [7, 11) is 0. The summed E-state index contributed by atoms with van der Waals surface area (Å²) in [6.45, 7) is 5.12. The van der Waals surface area contributed by atoms with Crippen LogP contribution in [0.3, 0.4) is 0 Å². The Balaban J connectivity index is 1.88. The van der Waals surface area contributed by atoms with E-state index in [1.54, 1.807) is 0 Å². The van der Waals surface area contributed by atoms with Crippen LogP contribution in [0.15, 0.2) is 12.2 Å². The summed E-state index contributed by atoms with van der Waals surface area (Å²) in [5, 5.41) is 8.84. The molecule has 2 aliphatic heterocycles. The standard InChI is InChI=1S/C10H14O4/c1-6(10(11)12)7(2-8-4-13-8)3-9-5-14-9/h7-9H,1-5H2,(H,11,12). The third-order valence-electron chi connectivity index (χ3n) is 2.67. The van der Waals surface area contributed by atoms with Crippen LogP contribution < -0.4 is 0 Å². The Hall–Kier alpha value is -0.870. The largest absolute Gasteiger partial charge is 0.478 e. The van der Waals surface area contributed by atoms with Crippen LogP contribution in [0.5, 0.6) is 0 Å². The second kappa shape index (κ2) is 3.71. The van der Waals surface area contributed by atoms with Crippen LogP contribution in [-0.4, -0.2) is 36.5 Å². The van der Waals surface area contributed by atoms with Crippen LogP contribution in [-0.2, 0) is 14.3 Å². The lowest BCUT2D eigenvalue weighted by atomic mass is 9.91. The maximum absolute atomic E-state index is 10.8. The van der Waals surface area contributed by atoms with E-state index in [1.807, 2.05) is 0 Å². The van der Waals surface area contributed by atoms with Gasteiger partial charge in [0.25, 0.3) is 0 Å². The number of hydrogen-bond donors (Lipinski definition) is 1. The highest BCUT2D eigenvalue weighted by Crippen LogP contribution is 2.31. The molecule has 0 spiro atoms. The highest BCUT2D eigenvalue weighted by atomic mass is 16.6. The van der Waals surface area contributed by atoms with E-state index < -0.39 is 5.97 Å². The van der Waals surface area contributed by atoms with Crippen molar-refractivity contribution in [3.05, 3.63) is 12.2 Å². The van der Waals surface area contributed by atoms with Crippen LogP contribution in [0.4, 0.5) is 0 Å². The first-order valence-corrected chi connectivity index (χ1v) is 4.82. The first-order valence-electron chi connectivity index (χ1n) is 4.82. The first kappa shape index (κ1) is 9.68. The molecule has 2 rings (SSSR count). The fourth-order valence-electron chi connectivity index (χ4n) is 1.60. The number of carbonyl (C=O) groups is 1. The summed E-state index contributed by atoms with van der Waals surface area (Å²) in [5.41, 5.74) is 0.288. The zero-order valence-electron chi connectivity index (χ0n) is 7.94. The molecule has 0 saturated carbocycles. The van der Waals surface area contributed by atoms with Crippen molar-refractivity contribution in [2.45, 2.75) is 25.0 Å². The minimum Gasteiger partial charge on any atom is -0.478 e. The van der Waals surface area contributed by atoms with Crippen molar-refractivity contribution in [2.24, 2.45) is 5.92 Å². The van der Waals surface area contributed by atoms with E-state index in [0.29, 0.717) is 0 Å². The molecule has 0 radical (unpaired) electrons. The maximum Gasteiger partial charge on any atom is 0.331 e. The minimum absolute atomic E-state index is 0.00694. The SMILES string of the molecule is C=C(C(=O)O)C(CC1CO1)CC1CO1. The second-order valence-electron chi connectivity index (χ2n) is 3.91. The van der Waals surface area contributed by atoms with E-state index in [2.05, 4.69) is 6.58 Å². The molecular formula is C10H14O4. The molecule has 0 bridgehead atoms. The van der Waals surface area contributed by atoms with Gasteiger partial charge in [0.15, 0.2) is 0 Å². The lowest BCUT2D eigenvalue weighted by Gasteiger charge is -2.13. The van der Waals surface area contributed by atoms with Crippen molar-refractivity contribution in [1.29, 1.82) is 0 Å². The molecule has 2 aliphatic rings. The monoisotopic (exact) mass is 198 g/mol. The summed E-state index contributed by atoms with van der Waals surface area (Å²) < 4.78 is 10.2. The molecule has 0 aromatic heterocycles. The summed E-state index contributed by atoms with van der Waals surface area (Å²) >= 11 is 0. The zero-order chi connectivity index (χ0) is 10.1. The van der Waals surface area contributed by atoms with E-state index in [-0.39, 0.29) is 23.7 Å². The molecule has 2 heterocycles. The number of hydrogen-bond acceptors (Lipinski definition) is 3. The Morgan fingerprint density at radius 3 is 2.07 bits per heavy atom. The van der Waals surface area contributed by atoms with Gasteiger partial charge in [-0.05, 0) is 18.8 Å². The normalized spacial score (nSPS) is 30.9. The molecule has 4 heteroatoms. The topological polar surface area (TPSA) is 62.4 Å². The number of carboxylic acid groups (broad SMARTS) is 1. The molecule has 4 nitrogen and oxygen atoms in total. The third kappa shape index (κ3) is 2.56. The van der Waals surface area contributed by atoms with Gasteiger partial charge >= 0.3 is 5.97 Å². The predicted octanol–water partition coefficient (Wildman–Crippen LogP) is 0.821. The van der Waals surface area contributed by atoms with E-state index in [9.17, 15) is 4.79 Å². The fraction of sp³-hybridized carbons (Fsp3) is 0.700. The Kier molecular flexibility index (Phi) is 2.56. The van der Waals surface area contributed by atoms with Crippen LogP contribution in [0.2, 0.25) is 0 Å². The molecule has 0 aromatic rings. The Morgan fingerprint density at radius 1 is 1.36 bits per heavy atom. The minimum atomic E-state index is -0.906. The van der Waals surface area contributed by atoms with Crippen molar-refractivity contribution in [2.75, 3.05) is 13.2 Å². The smallest absolute Gasteiger partial charge is 0.331 e. The van der Waals surface area contributed by atoms with Gasteiger partial charge in [-0.3, -0.25) is 0 Å². The lowest BCUT2D eigenvalue weighted by molar-refractivity contribution is -0.133. The number of ether oxygens (including phenoxy) is 2. The van der Waals surface area contributed by atoms with E-state index in [4.69, 9.17) is 14.6 Å². The van der Waals surface area contributed by atoms with E-state index in [0.717, 1.165) is 26.1 Å². The molecule has 2 saturated heterocycles. The molecule has 2 atom stereocenters. The van der Waals surface area contributed by atoms with Crippen LogP contribution in [0.1, 0.15) is 12.8 Å². The molecule has 14 heavy (non-hydrogen) atoms. The lowest BCUT2D eigenvalue weighted by Crippen LogP contribution is -2.16. The van der Waals surface area contributed by atoms with Gasteiger partial charge in [0.2, 0.25) is 0 Å². The summed E-state index contributed by atoms with van der Waals surface area (Å²) in [6.07, 6.45) is 2.03. The Morgan fingerprint density at radius 2 is 1.79 bits per heavy atom. The van der Waals surface area contributed by atoms with Crippen molar-refractivity contribution in [1.82, 2.24) is 0 Å². The summed E-state index contributed by atoms with van der Waals surface area (Å²) in [4.78, 5) is 10.8. The number of rotatable bonds is 6. The third-order valence-corrected chi connectivity index (χ3v) is 2.67. The maximum atomic E-state index is 10.8. The van der Waals surface area contributed by atoms with Crippen molar-refractivity contribution < 1.29 is 19.4 Å². The predicted molar refractivity (Wildman–Crippen MR) is 49.0 cm³/mol. The molecule has 2 fully saturated rings. The first-order chi connectivity index (χ1) is 6.66. The highest BCUT2D eigenvalue weighted by molar-refractivity contribution is 5.86. The molecule has 78 valence electrons. The van der Waals surface area contributed by atoms with Crippen LogP contribution in [0, 0.1) is 5.92 Å². The Labute approximate surface area is 82.5 Å². The highest BCUT2D eigenvalue weighted by Gasteiger charge is 2.34.